The average molecular weight is 517 g/mol. The maximum atomic E-state index is 12.6. The summed E-state index contributed by atoms with van der Waals surface area (Å²) in [7, 11) is 0. The zero-order valence-corrected chi connectivity index (χ0v) is 21.5. The molecule has 2 heterocycles. The lowest BCUT2D eigenvalue weighted by molar-refractivity contribution is -0.122. The van der Waals surface area contributed by atoms with Gasteiger partial charge in [0.15, 0.2) is 0 Å². The summed E-state index contributed by atoms with van der Waals surface area (Å²) in [6.45, 7) is 3.01. The number of nitrogens with zero attached hydrogens (tertiary/aromatic N) is 1. The first-order valence-corrected chi connectivity index (χ1v) is 13.4. The Morgan fingerprint density at radius 1 is 1.12 bits per heavy atom. The van der Waals surface area contributed by atoms with Crippen LogP contribution in [-0.4, -0.2) is 40.2 Å². The number of thiophene rings is 1. The van der Waals surface area contributed by atoms with E-state index >= 15 is 0 Å². The first-order chi connectivity index (χ1) is 16.5. The van der Waals surface area contributed by atoms with Gasteiger partial charge in [0.2, 0.25) is 5.91 Å². The van der Waals surface area contributed by atoms with Gasteiger partial charge in [0.25, 0.3) is 5.91 Å². The van der Waals surface area contributed by atoms with Crippen molar-refractivity contribution in [2.24, 2.45) is 0 Å². The fourth-order valence-electron chi connectivity index (χ4n) is 3.23. The van der Waals surface area contributed by atoms with Gasteiger partial charge in [-0.3, -0.25) is 14.5 Å². The van der Waals surface area contributed by atoms with Gasteiger partial charge in [-0.15, -0.1) is 11.3 Å². The molecule has 0 spiro atoms. The number of nitrogens with one attached hydrogen (secondary N) is 1. The van der Waals surface area contributed by atoms with Crippen molar-refractivity contribution >= 4 is 69.2 Å². The van der Waals surface area contributed by atoms with Gasteiger partial charge in [0.1, 0.15) is 4.32 Å². The molecule has 0 radical (unpaired) electrons. The van der Waals surface area contributed by atoms with E-state index < -0.39 is 0 Å². The fraction of sp³-hybridized carbons (Fsp3) is 0.360. The van der Waals surface area contributed by atoms with E-state index in [2.05, 4.69) is 5.32 Å². The quantitative estimate of drug-likeness (QED) is 0.159. The number of carbonyl (C=O) groups excluding carboxylic acids is 3. The van der Waals surface area contributed by atoms with E-state index in [1.165, 1.54) is 11.8 Å². The van der Waals surface area contributed by atoms with E-state index in [0.29, 0.717) is 46.5 Å². The lowest BCUT2D eigenvalue weighted by atomic mass is 10.1. The van der Waals surface area contributed by atoms with E-state index in [4.69, 9.17) is 17.0 Å². The van der Waals surface area contributed by atoms with Crippen LogP contribution in [0.5, 0.6) is 0 Å². The molecule has 1 aromatic heterocycles. The van der Waals surface area contributed by atoms with E-state index in [1.54, 1.807) is 40.5 Å². The summed E-state index contributed by atoms with van der Waals surface area (Å²) in [6, 6.07) is 10.6. The molecule has 0 saturated carbocycles. The number of unbranched alkanes of at least 4 members (excludes halogenated alkanes) is 3. The normalized spacial score (nSPS) is 14.6. The smallest absolute Gasteiger partial charge is 0.338 e. The average Bonchev–Trinajstić information content (AvgIpc) is 3.43. The Labute approximate surface area is 213 Å². The highest BCUT2D eigenvalue weighted by atomic mass is 32.2. The van der Waals surface area contributed by atoms with Crippen molar-refractivity contribution in [1.29, 1.82) is 0 Å². The van der Waals surface area contributed by atoms with Crippen molar-refractivity contribution in [3.63, 3.8) is 0 Å². The van der Waals surface area contributed by atoms with Crippen LogP contribution in [0.1, 0.15) is 60.7 Å². The molecule has 0 bridgehead atoms. The molecule has 1 fully saturated rings. The number of thiocarbonyl (C=S) groups is 1. The molecule has 3 rings (SSSR count). The molecule has 180 valence electrons. The van der Waals surface area contributed by atoms with Crippen molar-refractivity contribution in [2.75, 3.05) is 18.5 Å². The predicted molar refractivity (Wildman–Crippen MR) is 143 cm³/mol. The molecule has 0 unspecified atom stereocenters. The molecular weight excluding hydrogens is 488 g/mol. The number of anilines is 1. The highest BCUT2D eigenvalue weighted by Crippen LogP contribution is 2.33. The Bertz CT molecular complexity index is 1030. The highest BCUT2D eigenvalue weighted by molar-refractivity contribution is 8.26. The molecule has 1 saturated heterocycles. The minimum atomic E-state index is -0.352. The molecule has 1 aliphatic rings. The lowest BCUT2D eigenvalue weighted by Crippen LogP contribution is -2.29. The van der Waals surface area contributed by atoms with Crippen LogP contribution in [0.3, 0.4) is 0 Å². The topological polar surface area (TPSA) is 75.7 Å². The van der Waals surface area contributed by atoms with Gasteiger partial charge in [-0.2, -0.15) is 0 Å². The number of rotatable bonds is 12. The summed E-state index contributed by atoms with van der Waals surface area (Å²) in [5, 5.41) is 4.82. The molecular formula is C25H28N2O4S3. The number of thioether (sulfide) groups is 1. The zero-order valence-electron chi connectivity index (χ0n) is 19.1. The van der Waals surface area contributed by atoms with Crippen LogP contribution < -0.4 is 5.32 Å². The minimum absolute atomic E-state index is 0.0427. The lowest BCUT2D eigenvalue weighted by Gasteiger charge is -2.14. The summed E-state index contributed by atoms with van der Waals surface area (Å²) in [5.74, 6) is -0.476. The standard InChI is InChI=1S/C25H28N2O4S3/c1-2-3-15-31-24(30)18-10-12-19(13-11-18)26-22(28)9-5-4-6-14-27-23(29)21(34-25(27)32)17-20-8-7-16-33-20/h7-8,10-13,16-17H,2-6,9,14-15H2,1H3,(H,26,28). The second-order valence-electron chi connectivity index (χ2n) is 7.77. The van der Waals surface area contributed by atoms with Gasteiger partial charge in [-0.1, -0.05) is 49.8 Å². The second-order valence-corrected chi connectivity index (χ2v) is 10.4. The molecule has 2 amide bonds. The maximum Gasteiger partial charge on any atom is 0.338 e. The van der Waals surface area contributed by atoms with Crippen LogP contribution in [-0.2, 0) is 14.3 Å². The number of esters is 1. The summed E-state index contributed by atoms with van der Waals surface area (Å²) in [6.07, 6.45) is 6.39. The first kappa shape index (κ1) is 26.1. The Balaban J connectivity index is 1.34. The third-order valence-electron chi connectivity index (χ3n) is 5.11. The van der Waals surface area contributed by atoms with Crippen LogP contribution in [0.2, 0.25) is 0 Å². The monoisotopic (exact) mass is 516 g/mol. The number of ether oxygens (including phenoxy) is 1. The molecule has 0 atom stereocenters. The van der Waals surface area contributed by atoms with E-state index in [-0.39, 0.29) is 17.8 Å². The van der Waals surface area contributed by atoms with Crippen molar-refractivity contribution < 1.29 is 19.1 Å². The van der Waals surface area contributed by atoms with Crippen LogP contribution in [0, 0.1) is 0 Å². The fourth-order valence-corrected chi connectivity index (χ4v) is 5.26. The summed E-state index contributed by atoms with van der Waals surface area (Å²) in [4.78, 5) is 40.1. The molecule has 1 aliphatic heterocycles. The minimum Gasteiger partial charge on any atom is -0.462 e. The van der Waals surface area contributed by atoms with Gasteiger partial charge in [0.05, 0.1) is 17.1 Å². The molecule has 1 N–H and O–H groups in total. The Kier molecular flexibility index (Phi) is 10.3. The van der Waals surface area contributed by atoms with E-state index in [9.17, 15) is 14.4 Å². The number of carbonyl (C=O) groups is 3. The molecule has 6 nitrogen and oxygen atoms in total. The predicted octanol–water partition coefficient (Wildman–Crippen LogP) is 6.11. The van der Waals surface area contributed by atoms with Gasteiger partial charge in [-0.25, -0.2) is 4.79 Å². The van der Waals surface area contributed by atoms with Crippen LogP contribution >= 0.6 is 35.3 Å². The Morgan fingerprint density at radius 2 is 1.91 bits per heavy atom. The molecule has 9 heteroatoms. The number of amides is 2. The summed E-state index contributed by atoms with van der Waals surface area (Å²) in [5.41, 5.74) is 1.11. The van der Waals surface area contributed by atoms with Crippen molar-refractivity contribution in [2.45, 2.75) is 45.4 Å². The summed E-state index contributed by atoms with van der Waals surface area (Å²) >= 11 is 8.30. The molecule has 0 aliphatic carbocycles. The maximum absolute atomic E-state index is 12.6. The molecule has 1 aromatic carbocycles. The van der Waals surface area contributed by atoms with Crippen molar-refractivity contribution in [3.05, 3.63) is 57.1 Å². The van der Waals surface area contributed by atoms with E-state index in [0.717, 1.165) is 30.6 Å². The van der Waals surface area contributed by atoms with Gasteiger partial charge < -0.3 is 10.1 Å². The van der Waals surface area contributed by atoms with Crippen LogP contribution in [0.4, 0.5) is 5.69 Å². The van der Waals surface area contributed by atoms with E-state index in [1.807, 2.05) is 30.5 Å². The third kappa shape index (κ3) is 7.78. The molecule has 2 aromatic rings. The van der Waals surface area contributed by atoms with Gasteiger partial charge >= 0.3 is 5.97 Å². The van der Waals surface area contributed by atoms with Crippen LogP contribution in [0.15, 0.2) is 46.7 Å². The van der Waals surface area contributed by atoms with Crippen molar-refractivity contribution in [1.82, 2.24) is 4.90 Å². The SMILES string of the molecule is CCCCOC(=O)c1ccc(NC(=O)CCCCCN2C(=O)C(=Cc3cccs3)SC2=S)cc1. The van der Waals surface area contributed by atoms with Crippen molar-refractivity contribution in [3.8, 4) is 0 Å². The molecule has 34 heavy (non-hydrogen) atoms. The van der Waals surface area contributed by atoms with Crippen LogP contribution in [0.25, 0.3) is 6.08 Å². The van der Waals surface area contributed by atoms with Gasteiger partial charge in [0, 0.05) is 23.5 Å². The second kappa shape index (κ2) is 13.4. The van der Waals surface area contributed by atoms with Gasteiger partial charge in [-0.05, 0) is 61.1 Å². The number of hydrogen-bond acceptors (Lipinski definition) is 7. The largest absolute Gasteiger partial charge is 0.462 e. The first-order valence-electron chi connectivity index (χ1n) is 11.3. The zero-order chi connectivity index (χ0) is 24.3. The number of benzene rings is 1. The number of hydrogen-bond donors (Lipinski definition) is 1. The highest BCUT2D eigenvalue weighted by Gasteiger charge is 2.31. The third-order valence-corrected chi connectivity index (χ3v) is 7.31. The Hall–Kier alpha value is -2.49. The summed E-state index contributed by atoms with van der Waals surface area (Å²) < 4.78 is 5.77. The Morgan fingerprint density at radius 3 is 2.62 bits per heavy atom.